The van der Waals surface area contributed by atoms with E-state index in [1.165, 1.54) is 23.2 Å². The third-order valence-electron chi connectivity index (χ3n) is 3.53. The fraction of sp³-hybridized carbons (Fsp3) is 0.118. The summed E-state index contributed by atoms with van der Waals surface area (Å²) >= 11 is 0. The minimum Gasteiger partial charge on any atom is -0.323 e. The molecule has 0 spiro atoms. The first-order valence-corrected chi connectivity index (χ1v) is 7.07. The van der Waals surface area contributed by atoms with E-state index in [2.05, 4.69) is 10.4 Å². The number of nitrogens with one attached hydrogen (secondary N) is 1. The normalized spacial score (nSPS) is 17.1. The molecule has 5 nitrogen and oxygen atoms in total. The lowest BCUT2D eigenvalue weighted by atomic mass is 10.0. The molecule has 0 radical (unpaired) electrons. The molecule has 116 valence electrons. The lowest BCUT2D eigenvalue weighted by Gasteiger charge is -2.14. The minimum atomic E-state index is -1.06. The van der Waals surface area contributed by atoms with E-state index in [-0.39, 0.29) is 5.69 Å². The highest BCUT2D eigenvalue weighted by Crippen LogP contribution is 2.25. The van der Waals surface area contributed by atoms with Crippen LogP contribution in [-0.4, -0.2) is 17.5 Å². The van der Waals surface area contributed by atoms with Gasteiger partial charge in [-0.1, -0.05) is 30.3 Å². The summed E-state index contributed by atoms with van der Waals surface area (Å²) < 4.78 is 13.6. The Kier molecular flexibility index (Phi) is 3.89. The number of halogens is 1. The topological polar surface area (TPSA) is 61.8 Å². The van der Waals surface area contributed by atoms with Crippen molar-refractivity contribution in [1.82, 2.24) is 0 Å². The lowest BCUT2D eigenvalue weighted by Crippen LogP contribution is -2.36. The second-order valence-electron chi connectivity index (χ2n) is 5.13. The molecule has 0 fully saturated rings. The molecule has 0 bridgehead atoms. The molecular formula is C17H14FN3O2. The summed E-state index contributed by atoms with van der Waals surface area (Å²) in [6.45, 7) is 1.60. The number of para-hydroxylation sites is 2. The van der Waals surface area contributed by atoms with Crippen molar-refractivity contribution in [3.05, 3.63) is 60.4 Å². The Morgan fingerprint density at radius 2 is 1.78 bits per heavy atom. The van der Waals surface area contributed by atoms with Gasteiger partial charge in [0.2, 0.25) is 5.91 Å². The third-order valence-corrected chi connectivity index (χ3v) is 3.53. The number of rotatable bonds is 3. The number of anilines is 2. The molecule has 6 heteroatoms. The molecule has 2 aromatic rings. The van der Waals surface area contributed by atoms with Gasteiger partial charge in [0.1, 0.15) is 5.82 Å². The molecule has 0 aliphatic carbocycles. The molecule has 1 aliphatic heterocycles. The van der Waals surface area contributed by atoms with Crippen LogP contribution in [0, 0.1) is 11.7 Å². The molecule has 1 atom stereocenters. The minimum absolute atomic E-state index is 0.0382. The zero-order valence-electron chi connectivity index (χ0n) is 12.4. The summed E-state index contributed by atoms with van der Waals surface area (Å²) in [5, 5.41) is 7.79. The van der Waals surface area contributed by atoms with Crippen LogP contribution in [-0.2, 0) is 9.59 Å². The van der Waals surface area contributed by atoms with Gasteiger partial charge in [0.05, 0.1) is 17.1 Å². The standard InChI is InChI=1S/C17H14FN3O2/c1-11-15(16(22)19-14-10-6-5-9-13(14)18)17(23)21(20-11)12-7-3-2-4-8-12/h2-10,15H,1H3,(H,19,22). The molecule has 0 saturated heterocycles. The molecule has 0 aromatic heterocycles. The van der Waals surface area contributed by atoms with Crippen molar-refractivity contribution in [3.8, 4) is 0 Å². The van der Waals surface area contributed by atoms with E-state index in [4.69, 9.17) is 0 Å². The number of amides is 2. The summed E-state index contributed by atoms with van der Waals surface area (Å²) in [7, 11) is 0. The van der Waals surface area contributed by atoms with E-state index in [9.17, 15) is 14.0 Å². The summed E-state index contributed by atoms with van der Waals surface area (Å²) in [6, 6.07) is 14.6. The Morgan fingerprint density at radius 3 is 2.48 bits per heavy atom. The fourth-order valence-electron chi connectivity index (χ4n) is 2.39. The predicted octanol–water partition coefficient (Wildman–Crippen LogP) is 2.80. The van der Waals surface area contributed by atoms with E-state index in [0.29, 0.717) is 11.4 Å². The van der Waals surface area contributed by atoms with Crippen LogP contribution in [0.15, 0.2) is 59.7 Å². The van der Waals surface area contributed by atoms with Crippen molar-refractivity contribution in [2.24, 2.45) is 11.0 Å². The fourth-order valence-corrected chi connectivity index (χ4v) is 2.39. The quantitative estimate of drug-likeness (QED) is 0.886. The van der Waals surface area contributed by atoms with E-state index in [1.54, 1.807) is 37.3 Å². The SMILES string of the molecule is CC1=NN(c2ccccc2)C(=O)C1C(=O)Nc1ccccc1F. The highest BCUT2D eigenvalue weighted by atomic mass is 19.1. The Morgan fingerprint density at radius 1 is 1.13 bits per heavy atom. The Bertz CT molecular complexity index is 789. The van der Waals surface area contributed by atoms with Gasteiger partial charge in [-0.15, -0.1) is 0 Å². The van der Waals surface area contributed by atoms with Gasteiger partial charge >= 0.3 is 0 Å². The molecule has 1 N–H and O–H groups in total. The first-order chi connectivity index (χ1) is 11.1. The number of carbonyl (C=O) groups is 2. The summed E-state index contributed by atoms with van der Waals surface area (Å²) in [5.41, 5.74) is 0.988. The number of hydrazone groups is 1. The average molecular weight is 311 g/mol. The maximum absolute atomic E-state index is 13.6. The maximum Gasteiger partial charge on any atom is 0.265 e. The van der Waals surface area contributed by atoms with E-state index in [1.807, 2.05) is 6.07 Å². The van der Waals surface area contributed by atoms with Crippen LogP contribution in [0.3, 0.4) is 0 Å². The maximum atomic E-state index is 13.6. The first kappa shape index (κ1) is 14.9. The highest BCUT2D eigenvalue weighted by molar-refractivity contribution is 6.28. The first-order valence-electron chi connectivity index (χ1n) is 7.07. The number of nitrogens with zero attached hydrogens (tertiary/aromatic N) is 2. The number of hydrogen-bond acceptors (Lipinski definition) is 3. The van der Waals surface area contributed by atoms with Crippen molar-refractivity contribution in [3.63, 3.8) is 0 Å². The second-order valence-corrected chi connectivity index (χ2v) is 5.13. The molecule has 3 rings (SSSR count). The molecule has 23 heavy (non-hydrogen) atoms. The van der Waals surface area contributed by atoms with Gasteiger partial charge in [0.25, 0.3) is 5.91 Å². The van der Waals surface area contributed by atoms with E-state index in [0.717, 1.165) is 0 Å². The van der Waals surface area contributed by atoms with Crippen molar-refractivity contribution in [2.45, 2.75) is 6.92 Å². The number of benzene rings is 2. The van der Waals surface area contributed by atoms with Gasteiger partial charge in [0, 0.05) is 0 Å². The number of carbonyl (C=O) groups excluding carboxylic acids is 2. The van der Waals surface area contributed by atoms with Gasteiger partial charge < -0.3 is 5.32 Å². The predicted molar refractivity (Wildman–Crippen MR) is 85.6 cm³/mol. The molecule has 1 heterocycles. The zero-order valence-corrected chi connectivity index (χ0v) is 12.4. The molecule has 1 unspecified atom stereocenters. The van der Waals surface area contributed by atoms with Gasteiger partial charge in [-0.2, -0.15) is 10.1 Å². The van der Waals surface area contributed by atoms with Crippen molar-refractivity contribution in [2.75, 3.05) is 10.3 Å². The van der Waals surface area contributed by atoms with Crippen LogP contribution in [0.25, 0.3) is 0 Å². The van der Waals surface area contributed by atoms with Crippen LogP contribution in [0.5, 0.6) is 0 Å². The van der Waals surface area contributed by atoms with Crippen LogP contribution in [0.4, 0.5) is 15.8 Å². The van der Waals surface area contributed by atoms with Crippen LogP contribution >= 0.6 is 0 Å². The van der Waals surface area contributed by atoms with E-state index < -0.39 is 23.5 Å². The second kappa shape index (κ2) is 6.00. The largest absolute Gasteiger partial charge is 0.323 e. The molecule has 2 aromatic carbocycles. The molecular weight excluding hydrogens is 297 g/mol. The van der Waals surface area contributed by atoms with E-state index >= 15 is 0 Å². The molecule has 0 saturated carbocycles. The highest BCUT2D eigenvalue weighted by Gasteiger charge is 2.39. The van der Waals surface area contributed by atoms with Crippen LogP contribution in [0.2, 0.25) is 0 Å². The third kappa shape index (κ3) is 2.83. The van der Waals surface area contributed by atoms with Crippen LogP contribution in [0.1, 0.15) is 6.92 Å². The summed E-state index contributed by atoms with van der Waals surface area (Å²) in [4.78, 5) is 24.8. The van der Waals surface area contributed by atoms with Crippen molar-refractivity contribution >= 4 is 28.9 Å². The molecule has 2 amide bonds. The Labute approximate surface area is 132 Å². The van der Waals surface area contributed by atoms with Gasteiger partial charge in [-0.25, -0.2) is 4.39 Å². The summed E-state index contributed by atoms with van der Waals surface area (Å²) in [5.74, 6) is -2.67. The van der Waals surface area contributed by atoms with Gasteiger partial charge in [-0.05, 0) is 31.2 Å². The lowest BCUT2D eigenvalue weighted by molar-refractivity contribution is -0.127. The smallest absolute Gasteiger partial charge is 0.265 e. The van der Waals surface area contributed by atoms with Gasteiger partial charge in [0.15, 0.2) is 5.92 Å². The zero-order chi connectivity index (χ0) is 16.4. The monoisotopic (exact) mass is 311 g/mol. The number of hydrogen-bond donors (Lipinski definition) is 1. The van der Waals surface area contributed by atoms with Crippen LogP contribution < -0.4 is 10.3 Å². The average Bonchev–Trinajstić information content (AvgIpc) is 2.85. The Hall–Kier alpha value is -3.02. The van der Waals surface area contributed by atoms with Crippen molar-refractivity contribution < 1.29 is 14.0 Å². The molecule has 1 aliphatic rings. The van der Waals surface area contributed by atoms with Crippen molar-refractivity contribution in [1.29, 1.82) is 0 Å². The summed E-state index contributed by atoms with van der Waals surface area (Å²) in [6.07, 6.45) is 0. The van der Waals surface area contributed by atoms with Gasteiger partial charge in [-0.3, -0.25) is 9.59 Å². The Balaban J connectivity index is 1.81.